The van der Waals surface area contributed by atoms with Crippen molar-refractivity contribution in [2.24, 2.45) is 0 Å². The van der Waals surface area contributed by atoms with Gasteiger partial charge in [0.25, 0.3) is 0 Å². The summed E-state index contributed by atoms with van der Waals surface area (Å²) in [6, 6.07) is 0. The lowest BCUT2D eigenvalue weighted by atomic mass is 9.99. The second kappa shape index (κ2) is 36.0. The van der Waals surface area contributed by atoms with Crippen LogP contribution in [0.4, 0.5) is 0 Å². The Bertz CT molecular complexity index is 1040. The summed E-state index contributed by atoms with van der Waals surface area (Å²) in [7, 11) is 0. The number of rotatable bonds is 35. The van der Waals surface area contributed by atoms with Gasteiger partial charge in [0.1, 0.15) is 31.0 Å². The van der Waals surface area contributed by atoms with Gasteiger partial charge in [-0.25, -0.2) is 0 Å². The van der Waals surface area contributed by atoms with Gasteiger partial charge in [0.15, 0.2) is 12.4 Å². The summed E-state index contributed by atoms with van der Waals surface area (Å²) in [4.78, 5) is 25.3. The molecule has 1 saturated heterocycles. The van der Waals surface area contributed by atoms with E-state index in [1.165, 1.54) is 77.0 Å². The molecular formula is C45H78O10. The number of carbonyl (C=O) groups excluding carboxylic acids is 2. The van der Waals surface area contributed by atoms with E-state index in [9.17, 15) is 30.0 Å². The number of allylic oxidation sites excluding steroid dienone is 8. The Morgan fingerprint density at radius 1 is 0.564 bits per heavy atom. The molecule has 0 radical (unpaired) electrons. The number of hydrogen-bond donors (Lipinski definition) is 4. The standard InChI is InChI=1S/C45H78O10/c1-3-5-7-9-11-13-15-17-19-21-23-25-27-29-31-33-40(47)52-36-38(37-53-45-44(51)43(50)42(49)39(35-46)55-45)54-41(48)34-32-30-28-26-24-22-20-18-16-14-12-10-8-6-4-2/h11,13,17,19,23-26,38-39,42-46,49-51H,3-10,12,14-16,18,20-22,27-37H2,1-2H3/b13-11+,19-17+,25-23+,26-24+/t38-,39-,42+,43?,44?,45-/m0/s1. The Hall–Kier alpha value is -2.34. The van der Waals surface area contributed by atoms with E-state index in [4.69, 9.17) is 18.9 Å². The summed E-state index contributed by atoms with van der Waals surface area (Å²) in [5, 5.41) is 40.0. The van der Waals surface area contributed by atoms with Gasteiger partial charge in [0, 0.05) is 12.8 Å². The molecule has 0 bridgehead atoms. The average Bonchev–Trinajstić information content (AvgIpc) is 3.18. The minimum Gasteiger partial charge on any atom is -0.462 e. The Labute approximate surface area is 333 Å². The summed E-state index contributed by atoms with van der Waals surface area (Å²) in [5.74, 6) is -0.879. The van der Waals surface area contributed by atoms with Crippen molar-refractivity contribution in [3.63, 3.8) is 0 Å². The van der Waals surface area contributed by atoms with Crippen LogP contribution in [0.1, 0.15) is 168 Å². The van der Waals surface area contributed by atoms with Crippen LogP contribution in [-0.4, -0.2) is 89.0 Å². The first-order valence-electron chi connectivity index (χ1n) is 21.7. The maximum Gasteiger partial charge on any atom is 0.306 e. The fourth-order valence-corrected chi connectivity index (χ4v) is 6.19. The average molecular weight is 779 g/mol. The summed E-state index contributed by atoms with van der Waals surface area (Å²) >= 11 is 0. The molecule has 0 spiro atoms. The predicted molar refractivity (Wildman–Crippen MR) is 219 cm³/mol. The molecule has 0 aromatic heterocycles. The number of carbonyl (C=O) groups is 2. The molecule has 318 valence electrons. The van der Waals surface area contributed by atoms with Gasteiger partial charge >= 0.3 is 11.9 Å². The minimum atomic E-state index is -1.60. The normalized spacial score (nSPS) is 21.0. The zero-order chi connectivity index (χ0) is 40.2. The topological polar surface area (TPSA) is 152 Å². The molecule has 6 atom stereocenters. The zero-order valence-corrected chi connectivity index (χ0v) is 34.4. The van der Waals surface area contributed by atoms with E-state index in [1.807, 2.05) is 0 Å². The third-order valence-corrected chi connectivity index (χ3v) is 9.69. The van der Waals surface area contributed by atoms with Crippen molar-refractivity contribution >= 4 is 11.9 Å². The van der Waals surface area contributed by atoms with Gasteiger partial charge in [-0.2, -0.15) is 0 Å². The number of unbranched alkanes of at least 4 members (excludes halogenated alkanes) is 16. The number of esters is 2. The smallest absolute Gasteiger partial charge is 0.306 e. The van der Waals surface area contributed by atoms with Crippen LogP contribution in [0, 0.1) is 0 Å². The number of ether oxygens (including phenoxy) is 4. The molecule has 0 aliphatic carbocycles. The van der Waals surface area contributed by atoms with Crippen molar-refractivity contribution < 1.29 is 49.0 Å². The van der Waals surface area contributed by atoms with Crippen LogP contribution in [0.3, 0.4) is 0 Å². The number of aliphatic hydroxyl groups is 4. The maximum atomic E-state index is 12.7. The predicted octanol–water partition coefficient (Wildman–Crippen LogP) is 8.88. The molecule has 10 nitrogen and oxygen atoms in total. The number of aliphatic hydroxyl groups excluding tert-OH is 4. The molecular weight excluding hydrogens is 700 g/mol. The van der Waals surface area contributed by atoms with Gasteiger partial charge in [-0.1, -0.05) is 127 Å². The van der Waals surface area contributed by atoms with Crippen molar-refractivity contribution in [1.82, 2.24) is 0 Å². The lowest BCUT2D eigenvalue weighted by Crippen LogP contribution is -2.59. The molecule has 1 aliphatic heterocycles. The fourth-order valence-electron chi connectivity index (χ4n) is 6.19. The summed E-state index contributed by atoms with van der Waals surface area (Å²) < 4.78 is 22.1. The van der Waals surface area contributed by atoms with Gasteiger partial charge in [-0.05, 0) is 77.0 Å². The van der Waals surface area contributed by atoms with Crippen molar-refractivity contribution in [2.45, 2.75) is 205 Å². The molecule has 0 aromatic carbocycles. The quantitative estimate of drug-likeness (QED) is 0.0279. The molecule has 0 amide bonds. The Kier molecular flexibility index (Phi) is 33.2. The van der Waals surface area contributed by atoms with Crippen LogP contribution >= 0.6 is 0 Å². The third-order valence-electron chi connectivity index (χ3n) is 9.69. The highest BCUT2D eigenvalue weighted by molar-refractivity contribution is 5.70. The van der Waals surface area contributed by atoms with E-state index in [-0.39, 0.29) is 26.1 Å². The second-order valence-electron chi connectivity index (χ2n) is 14.8. The number of hydrogen-bond acceptors (Lipinski definition) is 10. The van der Waals surface area contributed by atoms with E-state index in [0.29, 0.717) is 12.8 Å². The molecule has 55 heavy (non-hydrogen) atoms. The monoisotopic (exact) mass is 779 g/mol. The van der Waals surface area contributed by atoms with E-state index in [2.05, 4.69) is 62.5 Å². The molecule has 0 saturated carbocycles. The van der Waals surface area contributed by atoms with Crippen molar-refractivity contribution in [3.8, 4) is 0 Å². The van der Waals surface area contributed by atoms with Gasteiger partial charge in [-0.15, -0.1) is 0 Å². The Morgan fingerprint density at radius 3 is 1.58 bits per heavy atom. The van der Waals surface area contributed by atoms with E-state index in [1.54, 1.807) is 0 Å². The van der Waals surface area contributed by atoms with E-state index < -0.39 is 55.4 Å². The lowest BCUT2D eigenvalue weighted by Gasteiger charge is -2.39. The lowest BCUT2D eigenvalue weighted by molar-refractivity contribution is -0.305. The largest absolute Gasteiger partial charge is 0.462 e. The van der Waals surface area contributed by atoms with Gasteiger partial charge in [-0.3, -0.25) is 9.59 Å². The van der Waals surface area contributed by atoms with Crippen LogP contribution in [0.5, 0.6) is 0 Å². The summed E-state index contributed by atoms with van der Waals surface area (Å²) in [6.07, 6.45) is 34.1. The summed E-state index contributed by atoms with van der Waals surface area (Å²) in [5.41, 5.74) is 0. The SMILES string of the molecule is CCCCC/C=C/C/C=C/C/C=C/CCCCC(=O)OC[C@@H](CO[C@H]1O[C@@H](CO)[C@@H](O)C(O)C1O)OC(=O)CCCC/C=C/CCCCCCCCCCC. The van der Waals surface area contributed by atoms with E-state index >= 15 is 0 Å². The first kappa shape index (κ1) is 50.7. The van der Waals surface area contributed by atoms with Gasteiger partial charge in [0.2, 0.25) is 0 Å². The van der Waals surface area contributed by atoms with Crippen LogP contribution in [0.2, 0.25) is 0 Å². The molecule has 1 heterocycles. The van der Waals surface area contributed by atoms with E-state index in [0.717, 1.165) is 51.4 Å². The maximum absolute atomic E-state index is 12.7. The van der Waals surface area contributed by atoms with Crippen LogP contribution in [-0.2, 0) is 28.5 Å². The fraction of sp³-hybridized carbons (Fsp3) is 0.778. The van der Waals surface area contributed by atoms with Crippen molar-refractivity contribution in [3.05, 3.63) is 48.6 Å². The minimum absolute atomic E-state index is 0.191. The van der Waals surface area contributed by atoms with Crippen molar-refractivity contribution in [2.75, 3.05) is 19.8 Å². The first-order chi connectivity index (χ1) is 26.8. The van der Waals surface area contributed by atoms with Crippen molar-refractivity contribution in [1.29, 1.82) is 0 Å². The highest BCUT2D eigenvalue weighted by atomic mass is 16.7. The van der Waals surface area contributed by atoms with Crippen LogP contribution < -0.4 is 0 Å². The highest BCUT2D eigenvalue weighted by Crippen LogP contribution is 2.22. The Balaban J connectivity index is 2.40. The molecule has 1 rings (SSSR count). The molecule has 2 unspecified atom stereocenters. The Morgan fingerprint density at radius 2 is 1.02 bits per heavy atom. The molecule has 4 N–H and O–H groups in total. The molecule has 10 heteroatoms. The molecule has 0 aromatic rings. The van der Waals surface area contributed by atoms with Gasteiger partial charge < -0.3 is 39.4 Å². The van der Waals surface area contributed by atoms with Crippen LogP contribution in [0.25, 0.3) is 0 Å². The second-order valence-corrected chi connectivity index (χ2v) is 14.8. The third kappa shape index (κ3) is 27.8. The zero-order valence-electron chi connectivity index (χ0n) is 34.4. The van der Waals surface area contributed by atoms with Gasteiger partial charge in [0.05, 0.1) is 13.2 Å². The van der Waals surface area contributed by atoms with Crippen LogP contribution in [0.15, 0.2) is 48.6 Å². The molecule has 1 aliphatic rings. The summed E-state index contributed by atoms with van der Waals surface area (Å²) in [6.45, 7) is 3.32. The first-order valence-corrected chi connectivity index (χ1v) is 21.7. The highest BCUT2D eigenvalue weighted by Gasteiger charge is 2.44. The molecule has 1 fully saturated rings.